The Morgan fingerprint density at radius 2 is 1.57 bits per heavy atom. The second-order valence-electron chi connectivity index (χ2n) is 7.08. The van der Waals surface area contributed by atoms with E-state index in [9.17, 15) is 19.6 Å². The van der Waals surface area contributed by atoms with Crippen molar-refractivity contribution in [3.8, 4) is 6.07 Å². The van der Waals surface area contributed by atoms with Crippen LogP contribution in [0.15, 0.2) is 24.3 Å². The Morgan fingerprint density at radius 3 is 1.96 bits per heavy atom. The van der Waals surface area contributed by atoms with E-state index in [-0.39, 0.29) is 23.0 Å². The van der Waals surface area contributed by atoms with Gasteiger partial charge in [-0.2, -0.15) is 5.26 Å². The Morgan fingerprint density at radius 1 is 1.09 bits per heavy atom. The van der Waals surface area contributed by atoms with Gasteiger partial charge in [0, 0.05) is 6.42 Å². The Labute approximate surface area is 135 Å². The first kappa shape index (κ1) is 16.9. The molecule has 1 unspecified atom stereocenters. The van der Waals surface area contributed by atoms with Gasteiger partial charge in [0.1, 0.15) is 0 Å². The molecule has 0 aromatic heterocycles. The van der Waals surface area contributed by atoms with Gasteiger partial charge in [-0.15, -0.1) is 0 Å². The van der Waals surface area contributed by atoms with Gasteiger partial charge in [-0.1, -0.05) is 32.9 Å². The van der Waals surface area contributed by atoms with Crippen LogP contribution in [0.5, 0.6) is 0 Å². The third-order valence-electron chi connectivity index (χ3n) is 4.78. The highest BCUT2D eigenvalue weighted by Crippen LogP contribution is 2.41. The number of benzene rings is 1. The van der Waals surface area contributed by atoms with Crippen LogP contribution in [0.4, 0.5) is 0 Å². The number of amides is 3. The molecule has 2 rings (SSSR count). The van der Waals surface area contributed by atoms with Crippen molar-refractivity contribution >= 4 is 17.7 Å². The van der Waals surface area contributed by atoms with E-state index in [4.69, 9.17) is 0 Å². The highest BCUT2D eigenvalue weighted by atomic mass is 16.2. The van der Waals surface area contributed by atoms with Crippen LogP contribution in [-0.4, -0.2) is 22.6 Å². The van der Waals surface area contributed by atoms with Crippen LogP contribution in [0.1, 0.15) is 61.3 Å². The minimum Gasteiger partial charge on any atom is -0.274 e. The first-order valence-corrected chi connectivity index (χ1v) is 7.54. The molecule has 5 heteroatoms. The average molecular weight is 312 g/mol. The normalized spacial score (nSPS) is 16.7. The summed E-state index contributed by atoms with van der Waals surface area (Å²) in [5, 5.41) is 9.44. The van der Waals surface area contributed by atoms with Gasteiger partial charge in [0.25, 0.3) is 11.8 Å². The van der Waals surface area contributed by atoms with Gasteiger partial charge in [-0.3, -0.25) is 14.4 Å². The second kappa shape index (κ2) is 5.62. The number of nitriles is 1. The fraction of sp³-hybridized carbons (Fsp3) is 0.444. The predicted octanol–water partition coefficient (Wildman–Crippen LogP) is 3.17. The Kier molecular flexibility index (Phi) is 4.12. The molecule has 1 aromatic rings. The van der Waals surface area contributed by atoms with Gasteiger partial charge in [0.15, 0.2) is 0 Å². The lowest BCUT2D eigenvalue weighted by Gasteiger charge is -2.35. The summed E-state index contributed by atoms with van der Waals surface area (Å²) < 4.78 is 0. The van der Waals surface area contributed by atoms with Gasteiger partial charge in [0.2, 0.25) is 5.91 Å². The van der Waals surface area contributed by atoms with E-state index < -0.39 is 23.1 Å². The van der Waals surface area contributed by atoms with Crippen LogP contribution >= 0.6 is 0 Å². The largest absolute Gasteiger partial charge is 0.274 e. The molecule has 0 spiro atoms. The fourth-order valence-electron chi connectivity index (χ4n) is 2.48. The lowest BCUT2D eigenvalue weighted by atomic mass is 9.66. The number of carbonyl (C=O) groups is 3. The summed E-state index contributed by atoms with van der Waals surface area (Å²) in [6.07, 6.45) is 0.270. The number of fused-ring (bicyclic) bond motifs is 1. The second-order valence-corrected chi connectivity index (χ2v) is 7.08. The molecule has 0 bridgehead atoms. The first-order chi connectivity index (χ1) is 10.6. The molecule has 0 N–H and O–H groups in total. The number of rotatable bonds is 3. The molecule has 1 aromatic carbocycles. The number of hydrogen-bond donors (Lipinski definition) is 0. The molecule has 5 nitrogen and oxygen atoms in total. The van der Waals surface area contributed by atoms with Crippen LogP contribution in [0, 0.1) is 22.2 Å². The lowest BCUT2D eigenvalue weighted by Crippen LogP contribution is -2.38. The summed E-state index contributed by atoms with van der Waals surface area (Å²) in [6.45, 7) is 7.59. The van der Waals surface area contributed by atoms with Crippen molar-refractivity contribution in [3.63, 3.8) is 0 Å². The van der Waals surface area contributed by atoms with Crippen molar-refractivity contribution in [1.29, 1.82) is 5.26 Å². The molecular weight excluding hydrogens is 292 g/mol. The summed E-state index contributed by atoms with van der Waals surface area (Å²) in [5.74, 6) is -1.71. The van der Waals surface area contributed by atoms with E-state index in [2.05, 4.69) is 6.07 Å². The minimum atomic E-state index is -0.721. The van der Waals surface area contributed by atoms with E-state index in [0.717, 1.165) is 0 Å². The van der Waals surface area contributed by atoms with Crippen molar-refractivity contribution in [2.45, 2.75) is 40.5 Å². The molecule has 1 aliphatic heterocycles. The van der Waals surface area contributed by atoms with Crippen molar-refractivity contribution in [3.05, 3.63) is 35.4 Å². The van der Waals surface area contributed by atoms with Gasteiger partial charge >= 0.3 is 0 Å². The number of carbonyl (C=O) groups excluding carboxylic acids is 3. The zero-order chi connectivity index (χ0) is 17.4. The molecule has 0 aliphatic carbocycles. The van der Waals surface area contributed by atoms with Crippen LogP contribution in [0.3, 0.4) is 0 Å². The summed E-state index contributed by atoms with van der Waals surface area (Å²) in [4.78, 5) is 37.6. The third-order valence-corrected chi connectivity index (χ3v) is 4.78. The zero-order valence-electron chi connectivity index (χ0n) is 13.8. The molecule has 1 heterocycles. The smallest absolute Gasteiger partial charge is 0.268 e. The minimum absolute atomic E-state index is 0.0210. The molecular formula is C18H20N2O3. The monoisotopic (exact) mass is 312 g/mol. The summed E-state index contributed by atoms with van der Waals surface area (Å²) >= 11 is 0. The SMILES string of the molecule is CC(C)(C)C(C)(C#N)CCC(=O)N1C(=O)c2ccccc2C1=O. The highest BCUT2D eigenvalue weighted by molar-refractivity contribution is 6.28. The Hall–Kier alpha value is -2.48. The zero-order valence-corrected chi connectivity index (χ0v) is 13.8. The molecule has 0 radical (unpaired) electrons. The maximum Gasteiger partial charge on any atom is 0.268 e. The number of imide groups is 3. The van der Waals surface area contributed by atoms with Crippen molar-refractivity contribution in [1.82, 2.24) is 4.90 Å². The van der Waals surface area contributed by atoms with E-state index >= 15 is 0 Å². The molecule has 0 fully saturated rings. The molecule has 3 amide bonds. The van der Waals surface area contributed by atoms with E-state index in [1.165, 1.54) is 12.1 Å². The van der Waals surface area contributed by atoms with E-state index in [1.807, 2.05) is 20.8 Å². The summed E-state index contributed by atoms with van der Waals surface area (Å²) in [6, 6.07) is 8.66. The molecule has 1 atom stereocenters. The Balaban J connectivity index is 2.17. The van der Waals surface area contributed by atoms with Crippen LogP contribution in [-0.2, 0) is 4.79 Å². The van der Waals surface area contributed by atoms with Gasteiger partial charge in [-0.25, -0.2) is 4.90 Å². The van der Waals surface area contributed by atoms with E-state index in [1.54, 1.807) is 19.1 Å². The summed E-state index contributed by atoms with van der Waals surface area (Å²) in [5.41, 5.74) is -0.528. The topological polar surface area (TPSA) is 78.2 Å². The van der Waals surface area contributed by atoms with Gasteiger partial charge in [0.05, 0.1) is 22.6 Å². The maximum atomic E-state index is 12.4. The van der Waals surface area contributed by atoms with Gasteiger partial charge in [-0.05, 0) is 30.9 Å². The lowest BCUT2D eigenvalue weighted by molar-refractivity contribution is -0.127. The van der Waals surface area contributed by atoms with Crippen LogP contribution in [0.2, 0.25) is 0 Å². The standard InChI is InChI=1S/C18H20N2O3/c1-17(2,3)18(4,11-19)10-9-14(21)20-15(22)12-7-5-6-8-13(12)16(20)23/h5-8H,9-10H2,1-4H3. The molecule has 23 heavy (non-hydrogen) atoms. The van der Waals surface area contributed by atoms with Crippen molar-refractivity contribution in [2.75, 3.05) is 0 Å². The molecule has 120 valence electrons. The third kappa shape index (κ3) is 2.77. The average Bonchev–Trinajstić information content (AvgIpc) is 2.75. The maximum absolute atomic E-state index is 12.4. The van der Waals surface area contributed by atoms with E-state index in [0.29, 0.717) is 11.3 Å². The number of nitrogens with zero attached hydrogens (tertiary/aromatic N) is 2. The molecule has 0 saturated heterocycles. The van der Waals surface area contributed by atoms with Crippen LogP contribution < -0.4 is 0 Å². The Bertz CT molecular complexity index is 690. The molecule has 0 saturated carbocycles. The van der Waals surface area contributed by atoms with Crippen molar-refractivity contribution < 1.29 is 14.4 Å². The fourth-order valence-corrected chi connectivity index (χ4v) is 2.48. The predicted molar refractivity (Wildman–Crippen MR) is 84.4 cm³/mol. The quantitative estimate of drug-likeness (QED) is 0.803. The first-order valence-electron chi connectivity index (χ1n) is 7.54. The number of hydrogen-bond acceptors (Lipinski definition) is 4. The van der Waals surface area contributed by atoms with Crippen molar-refractivity contribution in [2.24, 2.45) is 10.8 Å². The highest BCUT2D eigenvalue weighted by Gasteiger charge is 2.42. The molecule has 1 aliphatic rings. The summed E-state index contributed by atoms with van der Waals surface area (Å²) in [7, 11) is 0. The van der Waals surface area contributed by atoms with Crippen LogP contribution in [0.25, 0.3) is 0 Å². The van der Waals surface area contributed by atoms with Gasteiger partial charge < -0.3 is 0 Å².